The summed E-state index contributed by atoms with van der Waals surface area (Å²) in [4.78, 5) is 0. The van der Waals surface area contributed by atoms with Crippen molar-refractivity contribution in [2.24, 2.45) is 0 Å². The molecule has 0 bridgehead atoms. The summed E-state index contributed by atoms with van der Waals surface area (Å²) in [5.74, 6) is -0.978. The molecule has 1 aliphatic heterocycles. The maximum Gasteiger partial charge on any atom is 0.337 e. The monoisotopic (exact) mass is 355 g/mol. The smallest absolute Gasteiger partial charge is 0.337 e. The molecular formula is C12H15Cl2NO5S. The number of nitrogens with one attached hydrogen (secondary N) is 1. The zero-order valence-corrected chi connectivity index (χ0v) is 13.9. The highest BCUT2D eigenvalue weighted by molar-refractivity contribution is 7.84. The van der Waals surface area contributed by atoms with Gasteiger partial charge in [-0.2, -0.15) is 13.1 Å². The second-order valence-electron chi connectivity index (χ2n) is 4.88. The molecule has 1 N–H and O–H groups in total. The Morgan fingerprint density at radius 1 is 1.29 bits per heavy atom. The van der Waals surface area contributed by atoms with Crippen LogP contribution < -0.4 is 4.72 Å². The quantitative estimate of drug-likeness (QED) is 0.898. The lowest BCUT2D eigenvalue weighted by Gasteiger charge is -2.18. The number of ether oxygens (including phenoxy) is 2. The van der Waals surface area contributed by atoms with Crippen LogP contribution in [0.15, 0.2) is 18.2 Å². The molecule has 0 amide bonds. The van der Waals surface area contributed by atoms with Crippen LogP contribution in [0.25, 0.3) is 0 Å². The molecule has 0 aromatic heterocycles. The minimum atomic E-state index is -3.94. The maximum atomic E-state index is 11.6. The Kier molecular flexibility index (Phi) is 4.84. The molecule has 1 aromatic rings. The molecular weight excluding hydrogens is 341 g/mol. The summed E-state index contributed by atoms with van der Waals surface area (Å²) in [6, 6.07) is 4.85. The SMILES string of the molecule is COS(=O)(=O)N[C@H]1OC(C)(C)O[C@H]1c1ccc(Cl)cc1Cl. The topological polar surface area (TPSA) is 73.9 Å². The van der Waals surface area contributed by atoms with Crippen molar-refractivity contribution in [3.63, 3.8) is 0 Å². The molecule has 0 saturated carbocycles. The molecule has 1 heterocycles. The van der Waals surface area contributed by atoms with Gasteiger partial charge in [-0.3, -0.25) is 4.18 Å². The largest absolute Gasteiger partial charge is 0.338 e. The van der Waals surface area contributed by atoms with Gasteiger partial charge in [0.05, 0.1) is 7.11 Å². The van der Waals surface area contributed by atoms with E-state index in [9.17, 15) is 8.42 Å². The third-order valence-electron chi connectivity index (χ3n) is 2.85. The Labute approximate surface area is 133 Å². The first-order valence-electron chi connectivity index (χ1n) is 6.02. The summed E-state index contributed by atoms with van der Waals surface area (Å²) in [7, 11) is -2.89. The van der Waals surface area contributed by atoms with Crippen LogP contribution in [0.1, 0.15) is 25.5 Å². The zero-order chi connectivity index (χ0) is 15.8. The summed E-state index contributed by atoms with van der Waals surface area (Å²) >= 11 is 12.0. The van der Waals surface area contributed by atoms with Gasteiger partial charge in [0, 0.05) is 15.6 Å². The lowest BCUT2D eigenvalue weighted by molar-refractivity contribution is -0.147. The zero-order valence-electron chi connectivity index (χ0n) is 11.6. The molecule has 9 heteroatoms. The summed E-state index contributed by atoms with van der Waals surface area (Å²) in [5, 5.41) is 0.825. The van der Waals surface area contributed by atoms with E-state index in [0.29, 0.717) is 15.6 Å². The molecule has 2 rings (SSSR count). The number of hydrogen-bond acceptors (Lipinski definition) is 5. The Bertz CT molecular complexity index is 635. The number of benzene rings is 1. The predicted octanol–water partition coefficient (Wildman–Crippen LogP) is 2.62. The van der Waals surface area contributed by atoms with Crippen LogP contribution in [-0.2, 0) is 24.0 Å². The number of hydrogen-bond donors (Lipinski definition) is 1. The standard InChI is InChI=1S/C12H15Cl2NO5S/c1-12(2)19-10(8-5-4-7(13)6-9(8)14)11(20-12)15-21(16,17)18-3/h4-6,10-11,15H,1-3H3/t10-,11-/m0/s1. The van der Waals surface area contributed by atoms with E-state index in [1.54, 1.807) is 32.0 Å². The summed E-state index contributed by atoms with van der Waals surface area (Å²) in [5.41, 5.74) is 0.565. The third kappa shape index (κ3) is 4.07. The van der Waals surface area contributed by atoms with Crippen LogP contribution in [0.5, 0.6) is 0 Å². The van der Waals surface area contributed by atoms with E-state index in [1.807, 2.05) is 0 Å². The summed E-state index contributed by atoms with van der Waals surface area (Å²) < 4.78 is 41.0. The Morgan fingerprint density at radius 3 is 2.52 bits per heavy atom. The van der Waals surface area contributed by atoms with Crippen molar-refractivity contribution < 1.29 is 22.1 Å². The minimum Gasteiger partial charge on any atom is -0.338 e. The van der Waals surface area contributed by atoms with Crippen LogP contribution in [0.2, 0.25) is 10.0 Å². The van der Waals surface area contributed by atoms with Crippen LogP contribution in [0, 0.1) is 0 Å². The molecule has 0 unspecified atom stereocenters. The van der Waals surface area contributed by atoms with Gasteiger partial charge < -0.3 is 9.47 Å². The highest BCUT2D eigenvalue weighted by Gasteiger charge is 2.44. The fourth-order valence-corrected chi connectivity index (χ4v) is 3.07. The summed E-state index contributed by atoms with van der Waals surface area (Å²) in [6.07, 6.45) is -1.70. The van der Waals surface area contributed by atoms with Crippen molar-refractivity contribution in [2.45, 2.75) is 32.0 Å². The van der Waals surface area contributed by atoms with Crippen LogP contribution in [0.3, 0.4) is 0 Å². The van der Waals surface area contributed by atoms with Gasteiger partial charge in [-0.1, -0.05) is 29.3 Å². The average Bonchev–Trinajstić information content (AvgIpc) is 2.63. The van der Waals surface area contributed by atoms with Crippen molar-refractivity contribution in [3.8, 4) is 0 Å². The molecule has 2 atom stereocenters. The summed E-state index contributed by atoms with van der Waals surface area (Å²) in [6.45, 7) is 3.34. The van der Waals surface area contributed by atoms with Crippen LogP contribution in [-0.4, -0.2) is 27.5 Å². The van der Waals surface area contributed by atoms with E-state index in [4.69, 9.17) is 32.7 Å². The molecule has 0 spiro atoms. The maximum absolute atomic E-state index is 11.6. The van der Waals surface area contributed by atoms with Crippen molar-refractivity contribution >= 4 is 33.5 Å². The van der Waals surface area contributed by atoms with Gasteiger partial charge in [-0.25, -0.2) is 0 Å². The fourth-order valence-electron chi connectivity index (χ4n) is 2.00. The van der Waals surface area contributed by atoms with Gasteiger partial charge in [0.1, 0.15) is 6.10 Å². The van der Waals surface area contributed by atoms with Gasteiger partial charge in [-0.15, -0.1) is 0 Å². The first kappa shape index (κ1) is 17.0. The lowest BCUT2D eigenvalue weighted by atomic mass is 10.1. The number of rotatable bonds is 4. The first-order chi connectivity index (χ1) is 9.63. The van der Waals surface area contributed by atoms with E-state index in [1.165, 1.54) is 0 Å². The predicted molar refractivity (Wildman–Crippen MR) is 78.3 cm³/mol. The second-order valence-corrected chi connectivity index (χ2v) is 7.20. The normalized spacial score (nSPS) is 25.2. The first-order valence-corrected chi connectivity index (χ1v) is 8.18. The van der Waals surface area contributed by atoms with Crippen molar-refractivity contribution in [1.82, 2.24) is 4.72 Å². The van der Waals surface area contributed by atoms with E-state index >= 15 is 0 Å². The van der Waals surface area contributed by atoms with Crippen molar-refractivity contribution in [2.75, 3.05) is 7.11 Å². The van der Waals surface area contributed by atoms with Crippen molar-refractivity contribution in [1.29, 1.82) is 0 Å². The number of halogens is 2. The molecule has 1 aliphatic rings. The average molecular weight is 356 g/mol. The van der Waals surface area contributed by atoms with Crippen LogP contribution in [0.4, 0.5) is 0 Å². The minimum absolute atomic E-state index is 0.357. The molecule has 118 valence electrons. The molecule has 0 radical (unpaired) electrons. The van der Waals surface area contributed by atoms with Gasteiger partial charge in [0.15, 0.2) is 12.0 Å². The van der Waals surface area contributed by atoms with E-state index in [0.717, 1.165) is 7.11 Å². The van der Waals surface area contributed by atoms with Gasteiger partial charge in [-0.05, 0) is 26.0 Å². The Balaban J connectivity index is 2.34. The molecule has 6 nitrogen and oxygen atoms in total. The molecule has 1 fully saturated rings. The second kappa shape index (κ2) is 6.00. The van der Waals surface area contributed by atoms with Gasteiger partial charge >= 0.3 is 10.3 Å². The molecule has 1 aromatic carbocycles. The Hall–Kier alpha value is -0.410. The molecule has 21 heavy (non-hydrogen) atoms. The Morgan fingerprint density at radius 2 is 1.95 bits per heavy atom. The van der Waals surface area contributed by atoms with Gasteiger partial charge in [0.25, 0.3) is 0 Å². The highest BCUT2D eigenvalue weighted by atomic mass is 35.5. The van der Waals surface area contributed by atoms with E-state index < -0.39 is 28.4 Å². The third-order valence-corrected chi connectivity index (χ3v) is 4.37. The fraction of sp³-hybridized carbons (Fsp3) is 0.500. The lowest BCUT2D eigenvalue weighted by Crippen LogP contribution is -2.39. The molecule has 0 aliphatic carbocycles. The van der Waals surface area contributed by atoms with E-state index in [2.05, 4.69) is 8.91 Å². The van der Waals surface area contributed by atoms with Crippen molar-refractivity contribution in [3.05, 3.63) is 33.8 Å². The molecule has 1 saturated heterocycles. The van der Waals surface area contributed by atoms with E-state index in [-0.39, 0.29) is 0 Å². The van der Waals surface area contributed by atoms with Crippen LogP contribution >= 0.6 is 23.2 Å². The van der Waals surface area contributed by atoms with Gasteiger partial charge in [0.2, 0.25) is 0 Å². The highest BCUT2D eigenvalue weighted by Crippen LogP contribution is 2.40.